The van der Waals surface area contributed by atoms with E-state index in [0.29, 0.717) is 18.1 Å². The van der Waals surface area contributed by atoms with Crippen LogP contribution in [0, 0.1) is 5.92 Å². The molecule has 0 heterocycles. The SMILES string of the molecule is CCCNC(C(C)CCC)C(CCC)OC. The molecule has 98 valence electrons. The van der Waals surface area contributed by atoms with Gasteiger partial charge in [-0.05, 0) is 31.7 Å². The lowest BCUT2D eigenvalue weighted by molar-refractivity contribution is 0.0417. The van der Waals surface area contributed by atoms with Crippen molar-refractivity contribution in [2.45, 2.75) is 71.9 Å². The van der Waals surface area contributed by atoms with Gasteiger partial charge in [-0.25, -0.2) is 0 Å². The van der Waals surface area contributed by atoms with E-state index >= 15 is 0 Å². The Morgan fingerprint density at radius 1 is 1.00 bits per heavy atom. The van der Waals surface area contributed by atoms with Gasteiger partial charge in [-0.3, -0.25) is 0 Å². The highest BCUT2D eigenvalue weighted by atomic mass is 16.5. The van der Waals surface area contributed by atoms with Crippen molar-refractivity contribution in [2.75, 3.05) is 13.7 Å². The third-order valence-electron chi connectivity index (χ3n) is 3.26. The van der Waals surface area contributed by atoms with E-state index in [-0.39, 0.29) is 0 Å². The second-order valence-electron chi connectivity index (χ2n) is 4.81. The van der Waals surface area contributed by atoms with Gasteiger partial charge in [0.2, 0.25) is 0 Å². The van der Waals surface area contributed by atoms with Crippen molar-refractivity contribution in [1.29, 1.82) is 0 Å². The van der Waals surface area contributed by atoms with Crippen molar-refractivity contribution in [3.8, 4) is 0 Å². The molecule has 2 heteroatoms. The second kappa shape index (κ2) is 10.1. The van der Waals surface area contributed by atoms with Crippen molar-refractivity contribution < 1.29 is 4.74 Å². The smallest absolute Gasteiger partial charge is 0.0726 e. The molecule has 0 radical (unpaired) electrons. The summed E-state index contributed by atoms with van der Waals surface area (Å²) in [7, 11) is 1.85. The molecule has 0 saturated heterocycles. The van der Waals surface area contributed by atoms with Crippen molar-refractivity contribution in [1.82, 2.24) is 5.32 Å². The maximum Gasteiger partial charge on any atom is 0.0726 e. The van der Waals surface area contributed by atoms with Gasteiger partial charge in [-0.2, -0.15) is 0 Å². The molecule has 1 N–H and O–H groups in total. The third kappa shape index (κ3) is 5.86. The first kappa shape index (κ1) is 15.9. The van der Waals surface area contributed by atoms with E-state index in [1.807, 2.05) is 7.11 Å². The van der Waals surface area contributed by atoms with Crippen LogP contribution in [0.2, 0.25) is 0 Å². The topological polar surface area (TPSA) is 21.3 Å². The van der Waals surface area contributed by atoms with Gasteiger partial charge in [0.15, 0.2) is 0 Å². The molecule has 0 bridgehead atoms. The Hall–Kier alpha value is -0.0800. The van der Waals surface area contributed by atoms with Gasteiger partial charge in [0, 0.05) is 13.2 Å². The minimum atomic E-state index is 0.373. The summed E-state index contributed by atoms with van der Waals surface area (Å²) in [5.41, 5.74) is 0. The Labute approximate surface area is 102 Å². The van der Waals surface area contributed by atoms with Crippen molar-refractivity contribution in [3.05, 3.63) is 0 Å². The lowest BCUT2D eigenvalue weighted by Gasteiger charge is -2.32. The highest BCUT2D eigenvalue weighted by Gasteiger charge is 2.24. The van der Waals surface area contributed by atoms with E-state index < -0.39 is 0 Å². The number of nitrogens with one attached hydrogen (secondary N) is 1. The molecule has 3 atom stereocenters. The van der Waals surface area contributed by atoms with Crippen LogP contribution in [0.15, 0.2) is 0 Å². The Morgan fingerprint density at radius 3 is 2.06 bits per heavy atom. The van der Waals surface area contributed by atoms with Crippen molar-refractivity contribution in [3.63, 3.8) is 0 Å². The van der Waals surface area contributed by atoms with Gasteiger partial charge < -0.3 is 10.1 Å². The lowest BCUT2D eigenvalue weighted by atomic mass is 9.90. The molecule has 2 nitrogen and oxygen atoms in total. The molecule has 0 saturated carbocycles. The van der Waals surface area contributed by atoms with E-state index in [4.69, 9.17) is 4.74 Å². The molecule has 0 aromatic carbocycles. The Morgan fingerprint density at radius 2 is 1.62 bits per heavy atom. The van der Waals surface area contributed by atoms with Gasteiger partial charge in [-0.1, -0.05) is 40.5 Å². The van der Waals surface area contributed by atoms with E-state index in [2.05, 4.69) is 33.0 Å². The van der Waals surface area contributed by atoms with E-state index in [1.54, 1.807) is 0 Å². The summed E-state index contributed by atoms with van der Waals surface area (Å²) in [6.07, 6.45) is 6.46. The van der Waals surface area contributed by atoms with E-state index in [1.165, 1.54) is 25.7 Å². The minimum absolute atomic E-state index is 0.373. The minimum Gasteiger partial charge on any atom is -0.380 e. The van der Waals surface area contributed by atoms with E-state index in [9.17, 15) is 0 Å². The second-order valence-corrected chi connectivity index (χ2v) is 4.81. The molecule has 0 aliphatic heterocycles. The van der Waals surface area contributed by atoms with Gasteiger partial charge in [0.25, 0.3) is 0 Å². The van der Waals surface area contributed by atoms with E-state index in [0.717, 1.165) is 13.0 Å². The zero-order valence-corrected chi connectivity index (χ0v) is 11.9. The zero-order chi connectivity index (χ0) is 12.4. The van der Waals surface area contributed by atoms with Crippen LogP contribution < -0.4 is 5.32 Å². The zero-order valence-electron chi connectivity index (χ0n) is 11.9. The molecule has 0 spiro atoms. The molecule has 0 fully saturated rings. The fourth-order valence-electron chi connectivity index (χ4n) is 2.37. The molecule has 0 aliphatic carbocycles. The maximum atomic E-state index is 5.65. The van der Waals surface area contributed by atoms with Crippen LogP contribution in [0.25, 0.3) is 0 Å². The maximum absolute atomic E-state index is 5.65. The lowest BCUT2D eigenvalue weighted by Crippen LogP contribution is -2.45. The summed E-state index contributed by atoms with van der Waals surface area (Å²) in [5.74, 6) is 0.702. The normalized spacial score (nSPS) is 17.1. The summed E-state index contributed by atoms with van der Waals surface area (Å²) in [6.45, 7) is 10.2. The van der Waals surface area contributed by atoms with Crippen LogP contribution in [-0.2, 0) is 4.74 Å². The number of rotatable bonds is 10. The average Bonchev–Trinajstić information content (AvgIpc) is 2.28. The standard InChI is InChI=1S/C14H31NO/c1-6-9-12(4)14(15-11-8-3)13(16-5)10-7-2/h12-15H,6-11H2,1-5H3. The van der Waals surface area contributed by atoms with Crippen molar-refractivity contribution in [2.24, 2.45) is 5.92 Å². The van der Waals surface area contributed by atoms with Gasteiger partial charge in [0.1, 0.15) is 0 Å². The van der Waals surface area contributed by atoms with Crippen LogP contribution >= 0.6 is 0 Å². The molecule has 0 amide bonds. The molecular formula is C14H31NO. The fourth-order valence-corrected chi connectivity index (χ4v) is 2.37. The highest BCUT2D eigenvalue weighted by Crippen LogP contribution is 2.18. The fraction of sp³-hybridized carbons (Fsp3) is 1.00. The van der Waals surface area contributed by atoms with Crippen LogP contribution in [-0.4, -0.2) is 25.8 Å². The Balaban J connectivity index is 4.34. The van der Waals surface area contributed by atoms with Crippen LogP contribution in [0.5, 0.6) is 0 Å². The molecular weight excluding hydrogens is 198 g/mol. The number of methoxy groups -OCH3 is 1. The Kier molecular flexibility index (Phi) is 10.0. The van der Waals surface area contributed by atoms with Crippen molar-refractivity contribution >= 4 is 0 Å². The molecule has 0 aliphatic rings. The van der Waals surface area contributed by atoms with Gasteiger partial charge in [0.05, 0.1) is 6.10 Å². The summed E-state index contributed by atoms with van der Waals surface area (Å²) in [4.78, 5) is 0. The van der Waals surface area contributed by atoms with Crippen LogP contribution in [0.1, 0.15) is 59.8 Å². The largest absolute Gasteiger partial charge is 0.380 e. The summed E-state index contributed by atoms with van der Waals surface area (Å²) >= 11 is 0. The van der Waals surface area contributed by atoms with Gasteiger partial charge in [-0.15, -0.1) is 0 Å². The summed E-state index contributed by atoms with van der Waals surface area (Å²) < 4.78 is 5.65. The van der Waals surface area contributed by atoms with Crippen LogP contribution in [0.4, 0.5) is 0 Å². The Bertz CT molecular complexity index is 150. The third-order valence-corrected chi connectivity index (χ3v) is 3.26. The quantitative estimate of drug-likeness (QED) is 0.618. The first-order valence-electron chi connectivity index (χ1n) is 6.97. The van der Waals surface area contributed by atoms with Crippen LogP contribution in [0.3, 0.4) is 0 Å². The number of hydrogen-bond donors (Lipinski definition) is 1. The predicted octanol–water partition coefficient (Wildman–Crippen LogP) is 3.61. The first-order chi connectivity index (χ1) is 7.71. The van der Waals surface area contributed by atoms with Gasteiger partial charge >= 0.3 is 0 Å². The molecule has 3 unspecified atom stereocenters. The highest BCUT2D eigenvalue weighted by molar-refractivity contribution is 4.81. The predicted molar refractivity (Wildman–Crippen MR) is 71.9 cm³/mol. The first-order valence-corrected chi connectivity index (χ1v) is 6.97. The monoisotopic (exact) mass is 229 g/mol. The number of ether oxygens (including phenoxy) is 1. The summed E-state index contributed by atoms with van der Waals surface area (Å²) in [5, 5.41) is 3.66. The molecule has 0 aromatic heterocycles. The average molecular weight is 229 g/mol. The molecule has 16 heavy (non-hydrogen) atoms. The molecule has 0 rings (SSSR count). The summed E-state index contributed by atoms with van der Waals surface area (Å²) in [6, 6.07) is 0.518. The molecule has 0 aromatic rings. The number of hydrogen-bond acceptors (Lipinski definition) is 2.